The first kappa shape index (κ1) is 16.6. The highest BCUT2D eigenvalue weighted by Crippen LogP contribution is 2.38. The van der Waals surface area contributed by atoms with Crippen LogP contribution in [0.25, 0.3) is 0 Å². The molecule has 2 aliphatic rings. The maximum Gasteiger partial charge on any atom is 0.275 e. The van der Waals surface area contributed by atoms with Crippen LogP contribution >= 0.6 is 11.6 Å². The molecule has 5 heteroatoms. The first-order valence-corrected chi connectivity index (χ1v) is 9.11. The van der Waals surface area contributed by atoms with Crippen LogP contribution in [-0.4, -0.2) is 28.6 Å². The molecule has 1 N–H and O–H groups in total. The summed E-state index contributed by atoms with van der Waals surface area (Å²) in [6, 6.07) is 13.7. The molecule has 130 valence electrons. The topological polar surface area (TPSA) is 26.5 Å². The zero-order chi connectivity index (χ0) is 17.4. The molecular formula is C20H21ClFN2O+. The second-order valence-electron chi connectivity index (χ2n) is 6.79. The molecule has 0 aromatic heterocycles. The summed E-state index contributed by atoms with van der Waals surface area (Å²) in [6.07, 6.45) is 4.32. The highest BCUT2D eigenvalue weighted by molar-refractivity contribution is 6.30. The van der Waals surface area contributed by atoms with Crippen LogP contribution in [0.15, 0.2) is 48.5 Å². The number of amidine groups is 1. The smallest absolute Gasteiger partial charge is 0.275 e. The first-order chi connectivity index (χ1) is 12.1. The monoisotopic (exact) mass is 359 g/mol. The van der Waals surface area contributed by atoms with E-state index in [9.17, 15) is 9.50 Å². The molecule has 0 aliphatic carbocycles. The molecule has 2 aliphatic heterocycles. The van der Waals surface area contributed by atoms with Crippen molar-refractivity contribution in [1.29, 1.82) is 0 Å². The number of rotatable bonds is 2. The number of nitrogens with zero attached hydrogens (tertiary/aromatic N) is 2. The zero-order valence-electron chi connectivity index (χ0n) is 14.0. The molecule has 0 radical (unpaired) electrons. The van der Waals surface area contributed by atoms with E-state index in [1.165, 1.54) is 18.6 Å². The van der Waals surface area contributed by atoms with Gasteiger partial charge in [-0.3, -0.25) is 4.58 Å². The van der Waals surface area contributed by atoms with Crippen molar-refractivity contribution in [3.63, 3.8) is 0 Å². The Kier molecular flexibility index (Phi) is 4.26. The van der Waals surface area contributed by atoms with Crippen LogP contribution in [0.3, 0.4) is 0 Å². The molecule has 0 saturated carbocycles. The standard InChI is InChI=1S/C20H21ClFN2O/c21-16-5-4-6-18(13-16)24-19-7-2-1-3-12-23(19)14-20(24,25)15-8-10-17(22)11-9-15/h4-6,8-11,13,25H,1-3,7,12,14H2/q+1. The second-order valence-corrected chi connectivity index (χ2v) is 7.22. The van der Waals surface area contributed by atoms with Crippen molar-refractivity contribution in [3.05, 3.63) is 64.9 Å². The molecule has 2 aromatic carbocycles. The summed E-state index contributed by atoms with van der Waals surface area (Å²) in [6.45, 7) is 1.40. The van der Waals surface area contributed by atoms with Gasteiger partial charge in [0.25, 0.3) is 11.6 Å². The Bertz CT molecular complexity index is 821. The number of halogens is 2. The quantitative estimate of drug-likeness (QED) is 0.816. The van der Waals surface area contributed by atoms with Gasteiger partial charge in [-0.1, -0.05) is 17.7 Å². The lowest BCUT2D eigenvalue weighted by molar-refractivity contribution is -0.534. The van der Waals surface area contributed by atoms with Gasteiger partial charge in [0, 0.05) is 23.1 Å². The van der Waals surface area contributed by atoms with Gasteiger partial charge >= 0.3 is 0 Å². The van der Waals surface area contributed by atoms with Gasteiger partial charge in [0.2, 0.25) is 0 Å². The lowest BCUT2D eigenvalue weighted by Gasteiger charge is -2.29. The SMILES string of the molecule is OC1(c2ccc(F)cc2)C[N+]2=C(CCCCC2)N1c1cccc(Cl)c1. The van der Waals surface area contributed by atoms with Crippen LogP contribution in [0, 0.1) is 5.82 Å². The number of aliphatic hydroxyl groups is 1. The summed E-state index contributed by atoms with van der Waals surface area (Å²) in [5, 5.41) is 12.3. The third kappa shape index (κ3) is 2.94. The molecule has 0 spiro atoms. The summed E-state index contributed by atoms with van der Waals surface area (Å²) in [4.78, 5) is 1.98. The average molecular weight is 360 g/mol. The molecule has 2 aromatic rings. The molecule has 0 amide bonds. The molecule has 0 bridgehead atoms. The van der Waals surface area contributed by atoms with Crippen LogP contribution in [0.5, 0.6) is 0 Å². The van der Waals surface area contributed by atoms with E-state index in [1.807, 2.05) is 29.2 Å². The van der Waals surface area contributed by atoms with Crippen LogP contribution in [0.1, 0.15) is 31.2 Å². The van der Waals surface area contributed by atoms with Gasteiger partial charge in [-0.15, -0.1) is 0 Å². The Labute approximate surface area is 152 Å². The van der Waals surface area contributed by atoms with Crippen molar-refractivity contribution >= 4 is 23.1 Å². The van der Waals surface area contributed by atoms with Crippen molar-refractivity contribution in [1.82, 2.24) is 0 Å². The van der Waals surface area contributed by atoms with E-state index < -0.39 is 5.72 Å². The fraction of sp³-hybridized carbons (Fsp3) is 0.350. The fourth-order valence-electron chi connectivity index (χ4n) is 3.94. The zero-order valence-corrected chi connectivity index (χ0v) is 14.7. The average Bonchev–Trinajstić information content (AvgIpc) is 2.72. The van der Waals surface area contributed by atoms with Crippen LogP contribution in [-0.2, 0) is 5.72 Å². The number of hydrogen-bond donors (Lipinski definition) is 1. The van der Waals surface area contributed by atoms with Gasteiger partial charge in [-0.25, -0.2) is 4.39 Å². The summed E-state index contributed by atoms with van der Waals surface area (Å²) in [7, 11) is 0. The number of hydrogen-bond acceptors (Lipinski definition) is 2. The minimum Gasteiger partial charge on any atom is -0.346 e. The number of benzene rings is 2. The van der Waals surface area contributed by atoms with Crippen LogP contribution in [0.2, 0.25) is 5.02 Å². The molecule has 0 saturated heterocycles. The Hall–Kier alpha value is -1.91. The van der Waals surface area contributed by atoms with Crippen molar-refractivity contribution in [2.75, 3.05) is 18.0 Å². The molecule has 2 heterocycles. The molecule has 1 atom stereocenters. The van der Waals surface area contributed by atoms with Gasteiger partial charge in [0.15, 0.2) is 6.54 Å². The summed E-state index contributed by atoms with van der Waals surface area (Å²) < 4.78 is 15.7. The van der Waals surface area contributed by atoms with Gasteiger partial charge in [-0.2, -0.15) is 4.90 Å². The van der Waals surface area contributed by atoms with Gasteiger partial charge < -0.3 is 5.11 Å². The minimum atomic E-state index is -1.23. The van der Waals surface area contributed by atoms with E-state index in [4.69, 9.17) is 11.6 Å². The summed E-state index contributed by atoms with van der Waals surface area (Å²) >= 11 is 6.21. The van der Waals surface area contributed by atoms with Crippen molar-refractivity contribution in [2.45, 2.75) is 31.4 Å². The van der Waals surface area contributed by atoms with Crippen molar-refractivity contribution < 1.29 is 14.1 Å². The lowest BCUT2D eigenvalue weighted by Crippen LogP contribution is -2.47. The molecular weight excluding hydrogens is 339 g/mol. The van der Waals surface area contributed by atoms with E-state index >= 15 is 0 Å². The van der Waals surface area contributed by atoms with Crippen LogP contribution < -0.4 is 4.90 Å². The normalized spacial score (nSPS) is 23.6. The molecule has 0 fully saturated rings. The Morgan fingerprint density at radius 2 is 1.88 bits per heavy atom. The van der Waals surface area contributed by atoms with Gasteiger partial charge in [0.05, 0.1) is 6.54 Å². The predicted molar refractivity (Wildman–Crippen MR) is 97.7 cm³/mol. The third-order valence-corrected chi connectivity index (χ3v) is 5.34. The highest BCUT2D eigenvalue weighted by Gasteiger charge is 2.54. The highest BCUT2D eigenvalue weighted by atomic mass is 35.5. The van der Waals surface area contributed by atoms with Crippen LogP contribution in [0.4, 0.5) is 10.1 Å². The third-order valence-electron chi connectivity index (χ3n) is 5.11. The predicted octanol–water partition coefficient (Wildman–Crippen LogP) is 4.13. The lowest BCUT2D eigenvalue weighted by atomic mass is 10.00. The molecule has 4 rings (SSSR count). The fourth-order valence-corrected chi connectivity index (χ4v) is 4.12. The summed E-state index contributed by atoms with van der Waals surface area (Å²) in [5.41, 5.74) is 0.318. The Balaban J connectivity index is 1.84. The Morgan fingerprint density at radius 1 is 1.08 bits per heavy atom. The van der Waals surface area contributed by atoms with E-state index in [0.717, 1.165) is 37.3 Å². The molecule has 1 unspecified atom stereocenters. The van der Waals surface area contributed by atoms with Crippen molar-refractivity contribution in [3.8, 4) is 0 Å². The molecule has 3 nitrogen and oxygen atoms in total. The molecule has 25 heavy (non-hydrogen) atoms. The summed E-state index contributed by atoms with van der Waals surface area (Å²) in [5.74, 6) is 0.813. The van der Waals surface area contributed by atoms with E-state index in [1.54, 1.807) is 12.1 Å². The second kappa shape index (κ2) is 6.43. The Morgan fingerprint density at radius 3 is 2.64 bits per heavy atom. The van der Waals surface area contributed by atoms with E-state index in [-0.39, 0.29) is 5.82 Å². The number of anilines is 1. The largest absolute Gasteiger partial charge is 0.346 e. The van der Waals surface area contributed by atoms with E-state index in [0.29, 0.717) is 17.1 Å². The minimum absolute atomic E-state index is 0.304. The van der Waals surface area contributed by atoms with Gasteiger partial charge in [0.1, 0.15) is 11.5 Å². The van der Waals surface area contributed by atoms with Gasteiger partial charge in [-0.05, 0) is 55.7 Å². The van der Waals surface area contributed by atoms with Crippen molar-refractivity contribution in [2.24, 2.45) is 0 Å². The van der Waals surface area contributed by atoms with E-state index in [2.05, 4.69) is 4.58 Å². The maximum atomic E-state index is 13.4. The maximum absolute atomic E-state index is 13.4. The first-order valence-electron chi connectivity index (χ1n) is 8.73.